The monoisotopic (exact) mass is 275 g/mol. The third-order valence-electron chi connectivity index (χ3n) is 4.36. The molecule has 0 fully saturated rings. The van der Waals surface area contributed by atoms with Crippen LogP contribution in [0.2, 0.25) is 0 Å². The summed E-state index contributed by atoms with van der Waals surface area (Å²) in [6, 6.07) is 0.150. The second-order valence-corrected chi connectivity index (χ2v) is 5.57. The standard InChI is InChI=1S/C14H21N5O/c1-10-11(5-16-18(10)3)6-19-7-13-14(4-12(19)8-20)17(2)9-15-13/h5,9,12,20H,4,6-8H2,1-3H3/t12-/m0/s1. The second-order valence-electron chi connectivity index (χ2n) is 5.57. The third kappa shape index (κ3) is 2.14. The molecule has 0 bridgehead atoms. The normalized spacial score (nSPS) is 19.3. The lowest BCUT2D eigenvalue weighted by Gasteiger charge is -2.34. The first-order valence-electron chi connectivity index (χ1n) is 6.91. The van der Waals surface area contributed by atoms with Crippen molar-refractivity contribution in [2.75, 3.05) is 6.61 Å². The molecule has 1 N–H and O–H groups in total. The molecule has 1 aliphatic heterocycles. The van der Waals surface area contributed by atoms with Crippen LogP contribution in [-0.4, -0.2) is 42.0 Å². The van der Waals surface area contributed by atoms with Crippen molar-refractivity contribution in [1.82, 2.24) is 24.2 Å². The summed E-state index contributed by atoms with van der Waals surface area (Å²) >= 11 is 0. The van der Waals surface area contributed by atoms with Gasteiger partial charge in [-0.25, -0.2) is 4.98 Å². The van der Waals surface area contributed by atoms with Crippen LogP contribution in [0.5, 0.6) is 0 Å². The number of rotatable bonds is 3. The van der Waals surface area contributed by atoms with E-state index in [9.17, 15) is 5.11 Å². The molecular weight excluding hydrogens is 254 g/mol. The fourth-order valence-electron chi connectivity index (χ4n) is 2.85. The number of hydrogen-bond acceptors (Lipinski definition) is 4. The fourth-order valence-corrected chi connectivity index (χ4v) is 2.85. The summed E-state index contributed by atoms with van der Waals surface area (Å²) in [6.45, 7) is 3.84. The van der Waals surface area contributed by atoms with Crippen LogP contribution in [0.15, 0.2) is 12.5 Å². The number of fused-ring (bicyclic) bond motifs is 1. The summed E-state index contributed by atoms with van der Waals surface area (Å²) in [6.07, 6.45) is 4.62. The zero-order valence-electron chi connectivity index (χ0n) is 12.2. The van der Waals surface area contributed by atoms with Gasteiger partial charge in [0, 0.05) is 56.6 Å². The van der Waals surface area contributed by atoms with Crippen molar-refractivity contribution in [2.45, 2.75) is 32.5 Å². The van der Waals surface area contributed by atoms with Gasteiger partial charge in [0.15, 0.2) is 0 Å². The predicted molar refractivity (Wildman–Crippen MR) is 75.0 cm³/mol. The largest absolute Gasteiger partial charge is 0.395 e. The van der Waals surface area contributed by atoms with Gasteiger partial charge >= 0.3 is 0 Å². The summed E-state index contributed by atoms with van der Waals surface area (Å²) in [7, 11) is 3.97. The number of aliphatic hydroxyl groups excluding tert-OH is 1. The number of aromatic nitrogens is 4. The van der Waals surface area contributed by atoms with E-state index in [0.29, 0.717) is 0 Å². The van der Waals surface area contributed by atoms with Crippen LogP contribution in [0.25, 0.3) is 0 Å². The van der Waals surface area contributed by atoms with Crippen LogP contribution in [-0.2, 0) is 33.6 Å². The van der Waals surface area contributed by atoms with Crippen molar-refractivity contribution in [1.29, 1.82) is 0 Å². The van der Waals surface area contributed by atoms with Gasteiger partial charge in [-0.2, -0.15) is 5.10 Å². The van der Waals surface area contributed by atoms with Gasteiger partial charge < -0.3 is 9.67 Å². The molecule has 0 aliphatic carbocycles. The topological polar surface area (TPSA) is 59.1 Å². The van der Waals surface area contributed by atoms with Crippen LogP contribution >= 0.6 is 0 Å². The van der Waals surface area contributed by atoms with Gasteiger partial charge in [-0.15, -0.1) is 0 Å². The molecule has 0 saturated heterocycles. The molecule has 0 amide bonds. The lowest BCUT2D eigenvalue weighted by atomic mass is 10.0. The highest BCUT2D eigenvalue weighted by molar-refractivity contribution is 5.21. The molecule has 2 aromatic heterocycles. The summed E-state index contributed by atoms with van der Waals surface area (Å²) in [5.41, 5.74) is 4.75. The minimum Gasteiger partial charge on any atom is -0.395 e. The molecule has 1 atom stereocenters. The number of hydrogen-bond donors (Lipinski definition) is 1. The lowest BCUT2D eigenvalue weighted by Crippen LogP contribution is -2.42. The van der Waals surface area contributed by atoms with Gasteiger partial charge in [-0.05, 0) is 6.92 Å². The van der Waals surface area contributed by atoms with Crippen LogP contribution in [0.4, 0.5) is 0 Å². The molecule has 0 saturated carbocycles. The SMILES string of the molecule is Cc1c(CN2Cc3ncn(C)c3C[C@H]2CO)cnn1C. The lowest BCUT2D eigenvalue weighted by molar-refractivity contribution is 0.0965. The number of nitrogens with zero attached hydrogens (tertiary/aromatic N) is 5. The Balaban J connectivity index is 1.84. The van der Waals surface area contributed by atoms with Crippen molar-refractivity contribution in [3.05, 3.63) is 35.2 Å². The molecule has 3 rings (SSSR count). The third-order valence-corrected chi connectivity index (χ3v) is 4.36. The van der Waals surface area contributed by atoms with E-state index in [2.05, 4.69) is 26.5 Å². The Kier molecular flexibility index (Phi) is 3.35. The van der Waals surface area contributed by atoms with E-state index in [0.717, 1.165) is 25.2 Å². The summed E-state index contributed by atoms with van der Waals surface area (Å²) in [5, 5.41) is 14.0. The summed E-state index contributed by atoms with van der Waals surface area (Å²) in [5.74, 6) is 0. The van der Waals surface area contributed by atoms with Crippen molar-refractivity contribution in [3.63, 3.8) is 0 Å². The molecular formula is C14H21N5O. The molecule has 0 aromatic carbocycles. The maximum Gasteiger partial charge on any atom is 0.0949 e. The number of aliphatic hydroxyl groups is 1. The molecule has 3 heterocycles. The highest BCUT2D eigenvalue weighted by Gasteiger charge is 2.28. The Morgan fingerprint density at radius 2 is 2.20 bits per heavy atom. The first kappa shape index (κ1) is 13.3. The highest BCUT2D eigenvalue weighted by Crippen LogP contribution is 2.24. The Labute approximate surface area is 118 Å². The quantitative estimate of drug-likeness (QED) is 0.880. The smallest absolute Gasteiger partial charge is 0.0949 e. The summed E-state index contributed by atoms with van der Waals surface area (Å²) in [4.78, 5) is 6.75. The van der Waals surface area contributed by atoms with Crippen LogP contribution in [0, 0.1) is 6.92 Å². The van der Waals surface area contributed by atoms with Crippen LogP contribution in [0.3, 0.4) is 0 Å². The van der Waals surface area contributed by atoms with Crippen LogP contribution in [0.1, 0.15) is 22.6 Å². The average Bonchev–Trinajstić information content (AvgIpc) is 2.96. The minimum absolute atomic E-state index is 0.150. The average molecular weight is 275 g/mol. The van der Waals surface area contributed by atoms with Gasteiger partial charge in [0.25, 0.3) is 0 Å². The number of imidazole rings is 1. The Hall–Kier alpha value is -1.66. The molecule has 20 heavy (non-hydrogen) atoms. The molecule has 1 aliphatic rings. The first-order valence-corrected chi connectivity index (χ1v) is 6.91. The van der Waals surface area contributed by atoms with Gasteiger partial charge in [-0.1, -0.05) is 0 Å². The Morgan fingerprint density at radius 3 is 2.85 bits per heavy atom. The Morgan fingerprint density at radius 1 is 1.40 bits per heavy atom. The van der Waals surface area contributed by atoms with Crippen molar-refractivity contribution in [2.24, 2.45) is 14.1 Å². The second kappa shape index (κ2) is 5.03. The van der Waals surface area contributed by atoms with E-state index in [1.807, 2.05) is 31.3 Å². The zero-order chi connectivity index (χ0) is 14.3. The molecule has 0 unspecified atom stereocenters. The molecule has 108 valence electrons. The van der Waals surface area contributed by atoms with Crippen molar-refractivity contribution in [3.8, 4) is 0 Å². The van der Waals surface area contributed by atoms with E-state index in [-0.39, 0.29) is 12.6 Å². The maximum atomic E-state index is 9.68. The molecule has 2 aromatic rings. The molecule has 0 radical (unpaired) electrons. The van der Waals surface area contributed by atoms with E-state index >= 15 is 0 Å². The highest BCUT2D eigenvalue weighted by atomic mass is 16.3. The molecule has 6 heteroatoms. The van der Waals surface area contributed by atoms with E-state index in [4.69, 9.17) is 0 Å². The van der Waals surface area contributed by atoms with Gasteiger partial charge in [0.2, 0.25) is 0 Å². The van der Waals surface area contributed by atoms with E-state index in [1.54, 1.807) is 0 Å². The van der Waals surface area contributed by atoms with E-state index in [1.165, 1.54) is 17.0 Å². The van der Waals surface area contributed by atoms with E-state index < -0.39 is 0 Å². The Bertz CT molecular complexity index is 615. The van der Waals surface area contributed by atoms with Gasteiger partial charge in [0.1, 0.15) is 0 Å². The maximum absolute atomic E-state index is 9.68. The summed E-state index contributed by atoms with van der Waals surface area (Å²) < 4.78 is 3.95. The van der Waals surface area contributed by atoms with Crippen molar-refractivity contribution < 1.29 is 5.11 Å². The van der Waals surface area contributed by atoms with Crippen LogP contribution < -0.4 is 0 Å². The van der Waals surface area contributed by atoms with Crippen molar-refractivity contribution >= 4 is 0 Å². The predicted octanol–water partition coefficient (Wildman–Crippen LogP) is 0.381. The fraction of sp³-hybridized carbons (Fsp3) is 0.571. The van der Waals surface area contributed by atoms with Gasteiger partial charge in [0.05, 0.1) is 24.8 Å². The minimum atomic E-state index is 0.150. The zero-order valence-corrected chi connectivity index (χ0v) is 12.2. The molecule has 0 spiro atoms. The number of aryl methyl sites for hydroxylation is 2. The molecule has 6 nitrogen and oxygen atoms in total. The van der Waals surface area contributed by atoms with Gasteiger partial charge in [-0.3, -0.25) is 9.58 Å². The first-order chi connectivity index (χ1) is 9.60.